The Labute approximate surface area is 92.1 Å². The minimum Gasteiger partial charge on any atom is -0.348 e. The van der Waals surface area contributed by atoms with Gasteiger partial charge in [-0.3, -0.25) is 4.68 Å². The van der Waals surface area contributed by atoms with Crippen LogP contribution in [0.4, 0.5) is 8.78 Å². The van der Waals surface area contributed by atoms with E-state index in [0.717, 1.165) is 12.8 Å². The average molecular weight is 232 g/mol. The van der Waals surface area contributed by atoms with Crippen LogP contribution in [-0.2, 0) is 16.5 Å². The highest BCUT2D eigenvalue weighted by Gasteiger charge is 2.26. The van der Waals surface area contributed by atoms with Crippen LogP contribution in [-0.4, -0.2) is 23.0 Å². The molecule has 90 valence electrons. The monoisotopic (exact) mass is 232 g/mol. The standard InChI is InChI=1S/C10H14F2N2O2/c1-14-6-7(8(13-14)9(11)12)10-15-4-2-3-5-16-10/h6,9-10H,2-5H2,1H3. The molecule has 0 aromatic carbocycles. The number of alkyl halides is 2. The molecule has 1 aliphatic rings. The second-order valence-electron chi connectivity index (χ2n) is 3.72. The molecule has 2 heterocycles. The molecule has 0 unspecified atom stereocenters. The quantitative estimate of drug-likeness (QED) is 0.784. The van der Waals surface area contributed by atoms with E-state index in [9.17, 15) is 8.78 Å². The third-order valence-electron chi connectivity index (χ3n) is 2.42. The number of aryl methyl sites for hydroxylation is 1. The van der Waals surface area contributed by atoms with Gasteiger partial charge in [0.25, 0.3) is 6.43 Å². The normalized spacial score (nSPS) is 19.0. The predicted molar refractivity (Wildman–Crippen MR) is 52.0 cm³/mol. The fraction of sp³-hybridized carbons (Fsp3) is 0.700. The van der Waals surface area contributed by atoms with Crippen molar-refractivity contribution in [2.75, 3.05) is 13.2 Å². The number of hydrogen-bond donors (Lipinski definition) is 0. The summed E-state index contributed by atoms with van der Waals surface area (Å²) >= 11 is 0. The maximum Gasteiger partial charge on any atom is 0.282 e. The number of aromatic nitrogens is 2. The van der Waals surface area contributed by atoms with E-state index >= 15 is 0 Å². The second kappa shape index (κ2) is 4.88. The lowest BCUT2D eigenvalue weighted by molar-refractivity contribution is -0.131. The molecule has 16 heavy (non-hydrogen) atoms. The Kier molecular flexibility index (Phi) is 3.50. The Hall–Kier alpha value is -1.01. The molecule has 0 spiro atoms. The zero-order valence-corrected chi connectivity index (χ0v) is 9.03. The number of ether oxygens (including phenoxy) is 2. The van der Waals surface area contributed by atoms with Crippen LogP contribution >= 0.6 is 0 Å². The lowest BCUT2D eigenvalue weighted by Gasteiger charge is -2.14. The summed E-state index contributed by atoms with van der Waals surface area (Å²) in [5.74, 6) is 0. The molecule has 0 atom stereocenters. The molecule has 0 amide bonds. The number of rotatable bonds is 2. The number of hydrogen-bond acceptors (Lipinski definition) is 3. The van der Waals surface area contributed by atoms with E-state index in [-0.39, 0.29) is 5.69 Å². The summed E-state index contributed by atoms with van der Waals surface area (Å²) in [6, 6.07) is 0. The van der Waals surface area contributed by atoms with Crippen LogP contribution < -0.4 is 0 Å². The molecule has 0 aliphatic carbocycles. The SMILES string of the molecule is Cn1cc(C2OCCCCO2)c(C(F)F)n1. The maximum absolute atomic E-state index is 12.7. The largest absolute Gasteiger partial charge is 0.348 e. The van der Waals surface area contributed by atoms with E-state index in [0.29, 0.717) is 18.8 Å². The molecular formula is C10H14F2N2O2. The van der Waals surface area contributed by atoms with E-state index in [2.05, 4.69) is 5.10 Å². The Bertz CT molecular complexity index is 347. The molecule has 1 aromatic rings. The Morgan fingerprint density at radius 3 is 2.56 bits per heavy atom. The third kappa shape index (κ3) is 2.38. The third-order valence-corrected chi connectivity index (χ3v) is 2.42. The van der Waals surface area contributed by atoms with Gasteiger partial charge in [0.2, 0.25) is 0 Å². The summed E-state index contributed by atoms with van der Waals surface area (Å²) in [7, 11) is 1.60. The lowest BCUT2D eigenvalue weighted by atomic mass is 10.2. The first-order chi connectivity index (χ1) is 7.68. The topological polar surface area (TPSA) is 36.3 Å². The summed E-state index contributed by atoms with van der Waals surface area (Å²) in [6.45, 7) is 1.06. The molecule has 1 fully saturated rings. The molecule has 1 aromatic heterocycles. The molecule has 4 nitrogen and oxygen atoms in total. The van der Waals surface area contributed by atoms with Gasteiger partial charge in [0.1, 0.15) is 5.69 Å². The Balaban J connectivity index is 2.23. The minimum atomic E-state index is -2.60. The molecule has 1 aliphatic heterocycles. The molecular weight excluding hydrogens is 218 g/mol. The van der Waals surface area contributed by atoms with Crippen LogP contribution in [0.5, 0.6) is 0 Å². The van der Waals surface area contributed by atoms with Gasteiger partial charge in [0.05, 0.1) is 18.8 Å². The maximum atomic E-state index is 12.7. The van der Waals surface area contributed by atoms with Crippen LogP contribution in [0.3, 0.4) is 0 Å². The summed E-state index contributed by atoms with van der Waals surface area (Å²) in [6.07, 6.45) is -0.00851. The van der Waals surface area contributed by atoms with E-state index in [1.54, 1.807) is 7.05 Å². The Morgan fingerprint density at radius 1 is 1.38 bits per heavy atom. The molecule has 0 bridgehead atoms. The summed E-state index contributed by atoms with van der Waals surface area (Å²) in [4.78, 5) is 0. The average Bonchev–Trinajstić information content (AvgIpc) is 2.49. The van der Waals surface area contributed by atoms with Crippen LogP contribution in [0.2, 0.25) is 0 Å². The van der Waals surface area contributed by atoms with Crippen LogP contribution in [0.25, 0.3) is 0 Å². The summed E-state index contributed by atoms with van der Waals surface area (Å²) in [5, 5.41) is 3.72. The highest BCUT2D eigenvalue weighted by Crippen LogP contribution is 2.30. The van der Waals surface area contributed by atoms with Gasteiger partial charge in [-0.1, -0.05) is 0 Å². The zero-order chi connectivity index (χ0) is 11.5. The molecule has 1 saturated heterocycles. The molecule has 0 N–H and O–H groups in total. The van der Waals surface area contributed by atoms with Crippen molar-refractivity contribution in [2.24, 2.45) is 7.05 Å². The van der Waals surface area contributed by atoms with Gasteiger partial charge >= 0.3 is 0 Å². The molecule has 2 rings (SSSR count). The van der Waals surface area contributed by atoms with Crippen molar-refractivity contribution in [1.82, 2.24) is 9.78 Å². The highest BCUT2D eigenvalue weighted by molar-refractivity contribution is 5.19. The molecule has 0 saturated carbocycles. The van der Waals surface area contributed by atoms with Crippen LogP contribution in [0.15, 0.2) is 6.20 Å². The first-order valence-electron chi connectivity index (χ1n) is 5.23. The van der Waals surface area contributed by atoms with Gasteiger partial charge in [0.15, 0.2) is 6.29 Å². The first-order valence-corrected chi connectivity index (χ1v) is 5.23. The fourth-order valence-corrected chi connectivity index (χ4v) is 1.69. The van der Waals surface area contributed by atoms with Gasteiger partial charge in [-0.05, 0) is 12.8 Å². The lowest BCUT2D eigenvalue weighted by Crippen LogP contribution is -2.08. The van der Waals surface area contributed by atoms with Gasteiger partial charge in [0, 0.05) is 13.2 Å². The van der Waals surface area contributed by atoms with Crippen LogP contribution in [0.1, 0.15) is 36.8 Å². The minimum absolute atomic E-state index is 0.255. The van der Waals surface area contributed by atoms with E-state index in [1.807, 2.05) is 0 Å². The summed E-state index contributed by atoms with van der Waals surface area (Å²) < 4.78 is 37.5. The van der Waals surface area contributed by atoms with Crippen molar-refractivity contribution >= 4 is 0 Å². The van der Waals surface area contributed by atoms with Crippen molar-refractivity contribution < 1.29 is 18.3 Å². The zero-order valence-electron chi connectivity index (χ0n) is 9.03. The van der Waals surface area contributed by atoms with E-state index in [1.165, 1.54) is 10.9 Å². The number of halogens is 2. The van der Waals surface area contributed by atoms with Gasteiger partial charge in [-0.25, -0.2) is 8.78 Å². The van der Waals surface area contributed by atoms with Gasteiger partial charge in [-0.2, -0.15) is 5.10 Å². The highest BCUT2D eigenvalue weighted by atomic mass is 19.3. The van der Waals surface area contributed by atoms with Gasteiger partial charge in [-0.15, -0.1) is 0 Å². The fourth-order valence-electron chi connectivity index (χ4n) is 1.69. The van der Waals surface area contributed by atoms with Gasteiger partial charge < -0.3 is 9.47 Å². The van der Waals surface area contributed by atoms with Crippen LogP contribution in [0, 0.1) is 0 Å². The van der Waals surface area contributed by atoms with Crippen molar-refractivity contribution in [3.8, 4) is 0 Å². The van der Waals surface area contributed by atoms with E-state index < -0.39 is 12.7 Å². The van der Waals surface area contributed by atoms with E-state index in [4.69, 9.17) is 9.47 Å². The number of nitrogens with zero attached hydrogens (tertiary/aromatic N) is 2. The van der Waals surface area contributed by atoms with Crippen molar-refractivity contribution in [3.63, 3.8) is 0 Å². The predicted octanol–water partition coefficient (Wildman–Crippen LogP) is 2.18. The van der Waals surface area contributed by atoms with Crippen molar-refractivity contribution in [2.45, 2.75) is 25.6 Å². The van der Waals surface area contributed by atoms with Crippen molar-refractivity contribution in [1.29, 1.82) is 0 Å². The molecule has 6 heteroatoms. The first kappa shape index (κ1) is 11.5. The second-order valence-corrected chi connectivity index (χ2v) is 3.72. The smallest absolute Gasteiger partial charge is 0.282 e. The molecule has 0 radical (unpaired) electrons. The Morgan fingerprint density at radius 2 is 2.00 bits per heavy atom. The summed E-state index contributed by atoms with van der Waals surface area (Å²) in [5.41, 5.74) is 0.0776. The van der Waals surface area contributed by atoms with Crippen molar-refractivity contribution in [3.05, 3.63) is 17.5 Å².